The van der Waals surface area contributed by atoms with E-state index < -0.39 is 0 Å². The summed E-state index contributed by atoms with van der Waals surface area (Å²) < 4.78 is 11.1. The number of ether oxygens (including phenoxy) is 2. The van der Waals surface area contributed by atoms with E-state index >= 15 is 0 Å². The van der Waals surface area contributed by atoms with Crippen molar-refractivity contribution in [2.45, 2.75) is 6.42 Å². The molecule has 0 spiro atoms. The summed E-state index contributed by atoms with van der Waals surface area (Å²) in [5.41, 5.74) is 3.91. The van der Waals surface area contributed by atoms with E-state index in [9.17, 15) is 0 Å². The van der Waals surface area contributed by atoms with Gasteiger partial charge < -0.3 is 9.47 Å². The molecule has 2 heterocycles. The van der Waals surface area contributed by atoms with Crippen molar-refractivity contribution in [1.29, 1.82) is 0 Å². The molecular weight excluding hydrogens is 270 g/mol. The molecular formula is C13H12ClNO2S. The molecule has 0 radical (unpaired) electrons. The van der Waals surface area contributed by atoms with Crippen LogP contribution in [0.4, 0.5) is 0 Å². The van der Waals surface area contributed by atoms with Gasteiger partial charge in [0.2, 0.25) is 0 Å². The maximum Gasteiger partial charge on any atom is 0.162 e. The lowest BCUT2D eigenvalue weighted by atomic mass is 10.1. The normalized spacial score (nSPS) is 13.6. The number of nitrogens with zero attached hydrogens (tertiary/aromatic N) is 1. The number of hydrogen-bond donors (Lipinski definition) is 0. The fraction of sp³-hybridized carbons (Fsp3) is 0.308. The minimum atomic E-state index is 0.599. The Morgan fingerprint density at radius 2 is 2.06 bits per heavy atom. The highest BCUT2D eigenvalue weighted by molar-refractivity contribution is 7.10. The SMILES string of the molecule is ClCCc1scnc1-c1ccc2c(c1)OCCO2. The summed E-state index contributed by atoms with van der Waals surface area (Å²) in [6.07, 6.45) is 0.843. The van der Waals surface area contributed by atoms with E-state index in [4.69, 9.17) is 21.1 Å². The first-order valence-corrected chi connectivity index (χ1v) is 7.18. The minimum Gasteiger partial charge on any atom is -0.486 e. The fourth-order valence-corrected chi connectivity index (χ4v) is 3.05. The van der Waals surface area contributed by atoms with Gasteiger partial charge in [-0.05, 0) is 24.6 Å². The van der Waals surface area contributed by atoms with Crippen molar-refractivity contribution in [2.24, 2.45) is 0 Å². The molecule has 5 heteroatoms. The van der Waals surface area contributed by atoms with E-state index in [2.05, 4.69) is 4.98 Å². The Hall–Kier alpha value is -1.26. The summed E-state index contributed by atoms with van der Waals surface area (Å²) >= 11 is 7.44. The number of hydrogen-bond acceptors (Lipinski definition) is 4. The Bertz CT molecular complexity index is 556. The lowest BCUT2D eigenvalue weighted by Crippen LogP contribution is -2.15. The van der Waals surface area contributed by atoms with E-state index in [-0.39, 0.29) is 0 Å². The average Bonchev–Trinajstić information content (AvgIpc) is 2.87. The summed E-state index contributed by atoms with van der Waals surface area (Å²) in [6.45, 7) is 1.21. The van der Waals surface area contributed by atoms with Crippen molar-refractivity contribution in [2.75, 3.05) is 19.1 Å². The van der Waals surface area contributed by atoms with E-state index in [1.165, 1.54) is 4.88 Å². The molecule has 0 N–H and O–H groups in total. The quantitative estimate of drug-likeness (QED) is 0.809. The van der Waals surface area contributed by atoms with Crippen LogP contribution in [0.15, 0.2) is 23.7 Å². The van der Waals surface area contributed by atoms with Gasteiger partial charge in [-0.15, -0.1) is 22.9 Å². The third-order valence-electron chi connectivity index (χ3n) is 2.78. The van der Waals surface area contributed by atoms with Gasteiger partial charge in [0, 0.05) is 16.3 Å². The first kappa shape index (κ1) is 11.8. The average molecular weight is 282 g/mol. The zero-order valence-electron chi connectivity index (χ0n) is 9.69. The summed E-state index contributed by atoms with van der Waals surface area (Å²) in [6, 6.07) is 5.94. The van der Waals surface area contributed by atoms with E-state index in [1.54, 1.807) is 11.3 Å². The second-order valence-corrected chi connectivity index (χ2v) is 5.24. The zero-order valence-corrected chi connectivity index (χ0v) is 11.3. The maximum absolute atomic E-state index is 5.80. The molecule has 0 fully saturated rings. The van der Waals surface area contributed by atoms with Gasteiger partial charge in [-0.25, -0.2) is 4.98 Å². The number of aryl methyl sites for hydroxylation is 1. The molecule has 1 aromatic heterocycles. The van der Waals surface area contributed by atoms with E-state index in [0.717, 1.165) is 29.2 Å². The Kier molecular flexibility index (Phi) is 3.39. The highest BCUT2D eigenvalue weighted by Gasteiger charge is 2.15. The zero-order chi connectivity index (χ0) is 12.4. The molecule has 1 aromatic carbocycles. The standard InChI is InChI=1S/C13H12ClNO2S/c14-4-3-12-13(15-8-18-12)9-1-2-10-11(7-9)17-6-5-16-10/h1-2,7-8H,3-6H2. The van der Waals surface area contributed by atoms with Gasteiger partial charge >= 0.3 is 0 Å². The van der Waals surface area contributed by atoms with Crippen LogP contribution in [0.3, 0.4) is 0 Å². The van der Waals surface area contributed by atoms with Crippen LogP contribution >= 0.6 is 22.9 Å². The lowest BCUT2D eigenvalue weighted by molar-refractivity contribution is 0.171. The third-order valence-corrected chi connectivity index (χ3v) is 3.86. The predicted molar refractivity (Wildman–Crippen MR) is 73.0 cm³/mol. The molecule has 1 aliphatic heterocycles. The Morgan fingerprint density at radius 1 is 1.22 bits per heavy atom. The number of benzene rings is 1. The van der Waals surface area contributed by atoms with Crippen LogP contribution in [-0.2, 0) is 6.42 Å². The monoisotopic (exact) mass is 281 g/mol. The van der Waals surface area contributed by atoms with Crippen molar-refractivity contribution in [3.8, 4) is 22.8 Å². The van der Waals surface area contributed by atoms with Gasteiger partial charge in [0.05, 0.1) is 11.2 Å². The molecule has 0 atom stereocenters. The van der Waals surface area contributed by atoms with Gasteiger partial charge in [-0.2, -0.15) is 0 Å². The predicted octanol–water partition coefficient (Wildman–Crippen LogP) is 3.36. The molecule has 0 saturated carbocycles. The number of fused-ring (bicyclic) bond motifs is 1. The van der Waals surface area contributed by atoms with Crippen molar-refractivity contribution in [3.05, 3.63) is 28.6 Å². The first-order chi connectivity index (χ1) is 8.88. The van der Waals surface area contributed by atoms with Crippen molar-refractivity contribution >= 4 is 22.9 Å². The number of alkyl halides is 1. The summed E-state index contributed by atoms with van der Waals surface area (Å²) in [4.78, 5) is 5.63. The number of rotatable bonds is 3. The van der Waals surface area contributed by atoms with Crippen LogP contribution < -0.4 is 9.47 Å². The molecule has 0 aliphatic carbocycles. The molecule has 3 nitrogen and oxygen atoms in total. The summed E-state index contributed by atoms with van der Waals surface area (Å²) in [7, 11) is 0. The molecule has 2 aromatic rings. The molecule has 0 saturated heterocycles. The van der Waals surface area contributed by atoms with Crippen LogP contribution in [0.5, 0.6) is 11.5 Å². The van der Waals surface area contributed by atoms with Crippen LogP contribution in [0.1, 0.15) is 4.88 Å². The molecule has 0 amide bonds. The van der Waals surface area contributed by atoms with E-state index in [1.807, 2.05) is 23.7 Å². The second-order valence-electron chi connectivity index (χ2n) is 3.92. The van der Waals surface area contributed by atoms with Gasteiger partial charge in [-0.3, -0.25) is 0 Å². The largest absolute Gasteiger partial charge is 0.486 e. The van der Waals surface area contributed by atoms with Crippen LogP contribution in [0.25, 0.3) is 11.3 Å². The molecule has 18 heavy (non-hydrogen) atoms. The molecule has 94 valence electrons. The van der Waals surface area contributed by atoms with Crippen LogP contribution in [0, 0.1) is 0 Å². The fourth-order valence-electron chi connectivity index (χ4n) is 1.96. The van der Waals surface area contributed by atoms with Crippen molar-refractivity contribution in [3.63, 3.8) is 0 Å². The van der Waals surface area contributed by atoms with Crippen LogP contribution in [0.2, 0.25) is 0 Å². The summed E-state index contributed by atoms with van der Waals surface area (Å²) in [5.74, 6) is 2.21. The molecule has 0 unspecified atom stereocenters. The smallest absolute Gasteiger partial charge is 0.162 e. The summed E-state index contributed by atoms with van der Waals surface area (Å²) in [5, 5.41) is 0. The second kappa shape index (κ2) is 5.16. The van der Waals surface area contributed by atoms with E-state index in [0.29, 0.717) is 19.1 Å². The first-order valence-electron chi connectivity index (χ1n) is 5.77. The highest BCUT2D eigenvalue weighted by atomic mass is 35.5. The Balaban J connectivity index is 1.98. The van der Waals surface area contributed by atoms with Crippen molar-refractivity contribution < 1.29 is 9.47 Å². The number of thiazole rings is 1. The highest BCUT2D eigenvalue weighted by Crippen LogP contribution is 2.35. The van der Waals surface area contributed by atoms with Crippen molar-refractivity contribution in [1.82, 2.24) is 4.98 Å². The number of halogens is 1. The molecule has 1 aliphatic rings. The molecule has 3 rings (SSSR count). The maximum atomic E-state index is 5.80. The Labute approximate surface area is 114 Å². The minimum absolute atomic E-state index is 0.599. The van der Waals surface area contributed by atoms with Gasteiger partial charge in [0.1, 0.15) is 13.2 Å². The molecule has 0 bridgehead atoms. The van der Waals surface area contributed by atoms with Crippen LogP contribution in [-0.4, -0.2) is 24.1 Å². The third kappa shape index (κ3) is 2.18. The topological polar surface area (TPSA) is 31.4 Å². The van der Waals surface area contributed by atoms with Gasteiger partial charge in [-0.1, -0.05) is 0 Å². The van der Waals surface area contributed by atoms with Gasteiger partial charge in [0.15, 0.2) is 11.5 Å². The number of aromatic nitrogens is 1. The Morgan fingerprint density at radius 3 is 2.89 bits per heavy atom. The lowest BCUT2D eigenvalue weighted by Gasteiger charge is -2.18. The van der Waals surface area contributed by atoms with Gasteiger partial charge in [0.25, 0.3) is 0 Å².